The number of benzene rings is 1. The second-order valence-corrected chi connectivity index (χ2v) is 8.49. The van der Waals surface area contributed by atoms with Crippen molar-refractivity contribution >= 4 is 15.9 Å². The Labute approximate surface area is 154 Å². The molecule has 2 aromatic rings. The van der Waals surface area contributed by atoms with Gasteiger partial charge in [-0.1, -0.05) is 24.6 Å². The molecule has 7 heteroatoms. The van der Waals surface area contributed by atoms with Crippen molar-refractivity contribution in [3.63, 3.8) is 0 Å². The zero-order valence-corrected chi connectivity index (χ0v) is 15.9. The quantitative estimate of drug-likeness (QED) is 0.870. The summed E-state index contributed by atoms with van der Waals surface area (Å²) in [5.74, 6) is 0.944. The van der Waals surface area contributed by atoms with Crippen LogP contribution in [0.2, 0.25) is 0 Å². The van der Waals surface area contributed by atoms with Crippen molar-refractivity contribution in [2.45, 2.75) is 44.6 Å². The van der Waals surface area contributed by atoms with E-state index in [0.29, 0.717) is 35.7 Å². The predicted molar refractivity (Wildman–Crippen MR) is 98.4 cm³/mol. The number of hydrogen-bond acceptors (Lipinski definition) is 4. The summed E-state index contributed by atoms with van der Waals surface area (Å²) in [5.41, 5.74) is 1.06. The van der Waals surface area contributed by atoms with Crippen molar-refractivity contribution in [1.82, 2.24) is 9.62 Å². The molecule has 0 atom stereocenters. The average molecular weight is 376 g/mol. The molecule has 0 radical (unpaired) electrons. The van der Waals surface area contributed by atoms with Gasteiger partial charge in [0.1, 0.15) is 11.5 Å². The lowest BCUT2D eigenvalue weighted by atomic mass is 10.2. The van der Waals surface area contributed by atoms with Gasteiger partial charge in [-0.2, -0.15) is 4.31 Å². The standard InChI is InChI=1S/C19H24N2O4S/c1-14-12-17(15(2)25-14)19(22)20-13-16-8-4-5-9-18(16)26(23,24)21-10-6-3-7-11-21/h4-5,8-9,12H,3,6-7,10-11,13H2,1-2H3,(H,20,22). The van der Waals surface area contributed by atoms with Gasteiger partial charge in [-0.15, -0.1) is 0 Å². The fourth-order valence-corrected chi connectivity index (χ4v) is 5.01. The SMILES string of the molecule is Cc1cc(C(=O)NCc2ccccc2S(=O)(=O)N2CCCCC2)c(C)o1. The Balaban J connectivity index is 1.79. The molecule has 2 heterocycles. The minimum atomic E-state index is -3.55. The lowest BCUT2D eigenvalue weighted by molar-refractivity contribution is 0.0949. The molecule has 3 rings (SSSR count). The molecular formula is C19H24N2O4S. The number of hydrogen-bond donors (Lipinski definition) is 1. The van der Waals surface area contributed by atoms with Gasteiger partial charge in [0.2, 0.25) is 10.0 Å². The Morgan fingerprint density at radius 1 is 1.15 bits per heavy atom. The van der Waals surface area contributed by atoms with Crippen LogP contribution in [0, 0.1) is 13.8 Å². The van der Waals surface area contributed by atoms with E-state index in [1.807, 2.05) is 0 Å². The van der Waals surface area contributed by atoms with Crippen LogP contribution in [0.5, 0.6) is 0 Å². The van der Waals surface area contributed by atoms with Gasteiger partial charge in [0.15, 0.2) is 0 Å². The fraction of sp³-hybridized carbons (Fsp3) is 0.421. The maximum atomic E-state index is 13.0. The van der Waals surface area contributed by atoms with E-state index in [0.717, 1.165) is 19.3 Å². The van der Waals surface area contributed by atoms with Crippen LogP contribution in [0.1, 0.15) is 46.7 Å². The second kappa shape index (κ2) is 7.63. The maximum absolute atomic E-state index is 13.0. The number of carbonyl (C=O) groups excluding carboxylic acids is 1. The normalized spacial score (nSPS) is 15.8. The molecule has 1 aliphatic heterocycles. The van der Waals surface area contributed by atoms with Crippen LogP contribution in [0.4, 0.5) is 0 Å². The highest BCUT2D eigenvalue weighted by Crippen LogP contribution is 2.23. The number of sulfonamides is 1. The van der Waals surface area contributed by atoms with Crippen molar-refractivity contribution in [1.29, 1.82) is 0 Å². The van der Waals surface area contributed by atoms with Gasteiger partial charge in [-0.25, -0.2) is 8.42 Å². The molecule has 6 nitrogen and oxygen atoms in total. The van der Waals surface area contributed by atoms with Gasteiger partial charge in [-0.3, -0.25) is 4.79 Å². The molecule has 1 aliphatic rings. The van der Waals surface area contributed by atoms with Crippen molar-refractivity contribution in [2.24, 2.45) is 0 Å². The van der Waals surface area contributed by atoms with Crippen molar-refractivity contribution in [3.8, 4) is 0 Å². The number of nitrogens with one attached hydrogen (secondary N) is 1. The highest BCUT2D eigenvalue weighted by Gasteiger charge is 2.28. The number of piperidine rings is 1. The minimum absolute atomic E-state index is 0.145. The first-order valence-electron chi connectivity index (χ1n) is 8.83. The molecule has 0 aliphatic carbocycles. The molecule has 0 unspecified atom stereocenters. The number of amides is 1. The van der Waals surface area contributed by atoms with Crippen LogP contribution in [0.3, 0.4) is 0 Å². The lowest BCUT2D eigenvalue weighted by Gasteiger charge is -2.26. The smallest absolute Gasteiger partial charge is 0.255 e. The molecule has 0 spiro atoms. The first kappa shape index (κ1) is 18.7. The van der Waals surface area contributed by atoms with E-state index in [-0.39, 0.29) is 17.3 Å². The summed E-state index contributed by atoms with van der Waals surface area (Å²) in [6.07, 6.45) is 2.84. The Kier molecular flexibility index (Phi) is 5.48. The average Bonchev–Trinajstić information content (AvgIpc) is 2.99. The topological polar surface area (TPSA) is 79.6 Å². The summed E-state index contributed by atoms with van der Waals surface area (Å²) in [7, 11) is -3.55. The molecule has 0 bridgehead atoms. The zero-order chi connectivity index (χ0) is 18.7. The van der Waals surface area contributed by atoms with Gasteiger partial charge in [0, 0.05) is 19.6 Å². The third-order valence-corrected chi connectivity index (χ3v) is 6.63. The third-order valence-electron chi connectivity index (χ3n) is 4.63. The second-order valence-electron chi connectivity index (χ2n) is 6.58. The van der Waals surface area contributed by atoms with Gasteiger partial charge in [0.25, 0.3) is 5.91 Å². The Morgan fingerprint density at radius 2 is 1.85 bits per heavy atom. The van der Waals surface area contributed by atoms with E-state index in [1.165, 1.54) is 0 Å². The van der Waals surface area contributed by atoms with Crippen LogP contribution in [-0.2, 0) is 16.6 Å². The first-order valence-corrected chi connectivity index (χ1v) is 10.3. The molecule has 0 saturated carbocycles. The van der Waals surface area contributed by atoms with Gasteiger partial charge in [0.05, 0.1) is 10.5 Å². The first-order chi connectivity index (χ1) is 12.4. The summed E-state index contributed by atoms with van der Waals surface area (Å²) in [4.78, 5) is 12.6. The highest BCUT2D eigenvalue weighted by atomic mass is 32.2. The summed E-state index contributed by atoms with van der Waals surface area (Å²) in [6.45, 7) is 4.76. The maximum Gasteiger partial charge on any atom is 0.255 e. The van der Waals surface area contributed by atoms with Crippen LogP contribution in [0.25, 0.3) is 0 Å². The van der Waals surface area contributed by atoms with E-state index in [2.05, 4.69) is 5.32 Å². The van der Waals surface area contributed by atoms with Crippen LogP contribution in [0.15, 0.2) is 39.6 Å². The highest BCUT2D eigenvalue weighted by molar-refractivity contribution is 7.89. The molecule has 140 valence electrons. The predicted octanol–water partition coefficient (Wildman–Crippen LogP) is 3.00. The Morgan fingerprint density at radius 3 is 2.50 bits per heavy atom. The van der Waals surface area contributed by atoms with E-state index >= 15 is 0 Å². The monoisotopic (exact) mass is 376 g/mol. The van der Waals surface area contributed by atoms with Gasteiger partial charge in [-0.05, 0) is 44.4 Å². The van der Waals surface area contributed by atoms with E-state index in [4.69, 9.17) is 4.42 Å². The molecule has 1 amide bonds. The molecule has 1 saturated heterocycles. The number of aryl methyl sites for hydroxylation is 2. The number of carbonyl (C=O) groups is 1. The molecule has 26 heavy (non-hydrogen) atoms. The lowest BCUT2D eigenvalue weighted by Crippen LogP contribution is -2.36. The summed E-state index contributed by atoms with van der Waals surface area (Å²) in [5, 5.41) is 2.80. The molecule has 1 N–H and O–H groups in total. The molecular weight excluding hydrogens is 352 g/mol. The number of nitrogens with zero attached hydrogens (tertiary/aromatic N) is 1. The van der Waals surface area contributed by atoms with Crippen LogP contribution in [-0.4, -0.2) is 31.7 Å². The summed E-state index contributed by atoms with van der Waals surface area (Å²) >= 11 is 0. The molecule has 1 fully saturated rings. The number of rotatable bonds is 5. The van der Waals surface area contributed by atoms with Crippen LogP contribution < -0.4 is 5.32 Å². The summed E-state index contributed by atoms with van der Waals surface area (Å²) < 4.78 is 32.9. The van der Waals surface area contributed by atoms with E-state index < -0.39 is 10.0 Å². The largest absolute Gasteiger partial charge is 0.466 e. The fourth-order valence-electron chi connectivity index (χ4n) is 3.27. The van der Waals surface area contributed by atoms with Crippen molar-refractivity contribution < 1.29 is 17.6 Å². The van der Waals surface area contributed by atoms with E-state index in [9.17, 15) is 13.2 Å². The van der Waals surface area contributed by atoms with Crippen LogP contribution >= 0.6 is 0 Å². The minimum Gasteiger partial charge on any atom is -0.466 e. The summed E-state index contributed by atoms with van der Waals surface area (Å²) in [6, 6.07) is 8.53. The third kappa shape index (κ3) is 3.83. The van der Waals surface area contributed by atoms with E-state index in [1.54, 1.807) is 48.5 Å². The number of furan rings is 1. The Hall–Kier alpha value is -2.12. The molecule has 1 aromatic carbocycles. The molecule has 1 aromatic heterocycles. The van der Waals surface area contributed by atoms with Crippen molar-refractivity contribution in [2.75, 3.05) is 13.1 Å². The van der Waals surface area contributed by atoms with Gasteiger partial charge >= 0.3 is 0 Å². The van der Waals surface area contributed by atoms with Crippen molar-refractivity contribution in [3.05, 3.63) is 53.0 Å². The zero-order valence-electron chi connectivity index (χ0n) is 15.1. The van der Waals surface area contributed by atoms with Gasteiger partial charge < -0.3 is 9.73 Å². The Bertz CT molecular complexity index is 896.